The summed E-state index contributed by atoms with van der Waals surface area (Å²) in [5.74, 6) is -0.802. The minimum absolute atomic E-state index is 0.114. The van der Waals surface area contributed by atoms with Gasteiger partial charge in [-0.2, -0.15) is 0 Å². The number of carboxylic acid groups (broad SMARTS) is 1. The summed E-state index contributed by atoms with van der Waals surface area (Å²) in [6, 6.07) is 8.16. The van der Waals surface area contributed by atoms with Gasteiger partial charge in [-0.3, -0.25) is 9.78 Å². The lowest BCUT2D eigenvalue weighted by Crippen LogP contribution is -2.21. The fraction of sp³-hybridized carbons (Fsp3) is 0.412. The van der Waals surface area contributed by atoms with Gasteiger partial charge in [0.05, 0.1) is 5.92 Å². The average molecular weight is 269 g/mol. The van der Waals surface area contributed by atoms with Crippen LogP contribution in [-0.2, 0) is 4.79 Å². The number of rotatable bonds is 2. The Bertz CT molecular complexity index is 618. The lowest BCUT2D eigenvalue weighted by molar-refractivity contribution is -0.142. The number of carbonyl (C=O) groups is 1. The van der Waals surface area contributed by atoms with Crippen molar-refractivity contribution in [3.8, 4) is 0 Å². The minimum atomic E-state index is -0.655. The number of aliphatic carboxylic acids is 1. The number of nitrogens with zero attached hydrogens (tertiary/aromatic N) is 1. The Kier molecular flexibility index (Phi) is 3.68. The molecule has 3 heteroatoms. The van der Waals surface area contributed by atoms with E-state index < -0.39 is 5.97 Å². The van der Waals surface area contributed by atoms with Crippen LogP contribution in [0.2, 0.25) is 0 Å². The molecule has 0 bridgehead atoms. The van der Waals surface area contributed by atoms with E-state index in [1.807, 2.05) is 18.3 Å². The van der Waals surface area contributed by atoms with Crippen LogP contribution in [0, 0.1) is 5.92 Å². The van der Waals surface area contributed by atoms with Gasteiger partial charge in [0.1, 0.15) is 0 Å². The number of fused-ring (bicyclic) bond motifs is 1. The van der Waals surface area contributed by atoms with Crippen LogP contribution in [0.4, 0.5) is 0 Å². The van der Waals surface area contributed by atoms with Crippen molar-refractivity contribution in [3.05, 3.63) is 42.2 Å². The van der Waals surface area contributed by atoms with Gasteiger partial charge in [0, 0.05) is 17.8 Å². The molecule has 2 unspecified atom stereocenters. The van der Waals surface area contributed by atoms with Crippen LogP contribution in [-0.4, -0.2) is 16.1 Å². The highest BCUT2D eigenvalue weighted by Crippen LogP contribution is 2.39. The van der Waals surface area contributed by atoms with Crippen molar-refractivity contribution >= 4 is 16.7 Å². The maximum Gasteiger partial charge on any atom is 0.307 e. The first kappa shape index (κ1) is 13.1. The number of benzene rings is 1. The Morgan fingerprint density at radius 2 is 2.00 bits per heavy atom. The monoisotopic (exact) mass is 269 g/mol. The SMILES string of the molecule is O=C(O)C1CCCCCC1c1cccc2ccncc12. The second-order valence-electron chi connectivity index (χ2n) is 5.63. The van der Waals surface area contributed by atoms with Crippen LogP contribution in [0.15, 0.2) is 36.7 Å². The third-order valence-corrected chi connectivity index (χ3v) is 4.45. The van der Waals surface area contributed by atoms with E-state index in [9.17, 15) is 9.90 Å². The van der Waals surface area contributed by atoms with E-state index in [1.165, 1.54) is 0 Å². The molecule has 1 aromatic carbocycles. The smallest absolute Gasteiger partial charge is 0.307 e. The summed E-state index contributed by atoms with van der Waals surface area (Å²) in [6.07, 6.45) is 8.69. The predicted octanol–water partition coefficient (Wildman–Crippen LogP) is 3.98. The zero-order chi connectivity index (χ0) is 13.9. The summed E-state index contributed by atoms with van der Waals surface area (Å²) in [7, 11) is 0. The third kappa shape index (κ3) is 2.40. The van der Waals surface area contributed by atoms with Crippen LogP contribution in [0.1, 0.15) is 43.6 Å². The lowest BCUT2D eigenvalue weighted by Gasteiger charge is -2.23. The fourth-order valence-corrected chi connectivity index (χ4v) is 3.44. The highest BCUT2D eigenvalue weighted by molar-refractivity contribution is 5.86. The molecule has 104 valence electrons. The average Bonchev–Trinajstić information content (AvgIpc) is 2.72. The summed E-state index contributed by atoms with van der Waals surface area (Å²) in [5, 5.41) is 11.8. The first-order valence-electron chi connectivity index (χ1n) is 7.33. The van der Waals surface area contributed by atoms with Crippen LogP contribution in [0.3, 0.4) is 0 Å². The summed E-state index contributed by atoms with van der Waals surface area (Å²) in [5.41, 5.74) is 1.16. The van der Waals surface area contributed by atoms with E-state index in [4.69, 9.17) is 0 Å². The van der Waals surface area contributed by atoms with Crippen LogP contribution < -0.4 is 0 Å². The topological polar surface area (TPSA) is 50.2 Å². The van der Waals surface area contributed by atoms with Gasteiger partial charge in [-0.1, -0.05) is 37.5 Å². The highest BCUT2D eigenvalue weighted by Gasteiger charge is 2.31. The molecule has 0 spiro atoms. The number of hydrogen-bond donors (Lipinski definition) is 1. The molecule has 0 amide bonds. The minimum Gasteiger partial charge on any atom is -0.481 e. The van der Waals surface area contributed by atoms with Crippen LogP contribution in [0.25, 0.3) is 10.8 Å². The van der Waals surface area contributed by atoms with Crippen molar-refractivity contribution < 1.29 is 9.90 Å². The first-order valence-corrected chi connectivity index (χ1v) is 7.33. The summed E-state index contributed by atoms with van der Waals surface area (Å²) in [4.78, 5) is 15.8. The first-order chi connectivity index (χ1) is 9.77. The molecule has 2 aromatic rings. The highest BCUT2D eigenvalue weighted by atomic mass is 16.4. The molecule has 1 aliphatic carbocycles. The summed E-state index contributed by atoms with van der Waals surface area (Å²) in [6.45, 7) is 0. The van der Waals surface area contributed by atoms with Crippen molar-refractivity contribution in [3.63, 3.8) is 0 Å². The molecule has 1 aliphatic rings. The molecular formula is C17H19NO2. The quantitative estimate of drug-likeness (QED) is 0.839. The number of carboxylic acids is 1. The molecular weight excluding hydrogens is 250 g/mol. The molecule has 0 saturated heterocycles. The van der Waals surface area contributed by atoms with Gasteiger partial charge in [0.25, 0.3) is 0 Å². The number of pyridine rings is 1. The van der Waals surface area contributed by atoms with Gasteiger partial charge >= 0.3 is 5.97 Å². The van der Waals surface area contributed by atoms with Crippen molar-refractivity contribution in [2.45, 2.75) is 38.0 Å². The molecule has 1 fully saturated rings. The third-order valence-electron chi connectivity index (χ3n) is 4.45. The number of aromatic nitrogens is 1. The summed E-state index contributed by atoms with van der Waals surface area (Å²) >= 11 is 0. The van der Waals surface area contributed by atoms with Gasteiger partial charge in [0.15, 0.2) is 0 Å². The molecule has 3 rings (SSSR count). The van der Waals surface area contributed by atoms with Gasteiger partial charge in [-0.25, -0.2) is 0 Å². The van der Waals surface area contributed by atoms with Gasteiger partial charge < -0.3 is 5.11 Å². The molecule has 0 radical (unpaired) electrons. The van der Waals surface area contributed by atoms with Crippen molar-refractivity contribution in [1.29, 1.82) is 0 Å². The van der Waals surface area contributed by atoms with Gasteiger partial charge in [0.2, 0.25) is 0 Å². The zero-order valence-corrected chi connectivity index (χ0v) is 11.5. The normalized spacial score (nSPS) is 23.4. The van der Waals surface area contributed by atoms with Gasteiger partial charge in [-0.15, -0.1) is 0 Å². The lowest BCUT2D eigenvalue weighted by atomic mass is 9.81. The molecule has 3 nitrogen and oxygen atoms in total. The van der Waals surface area contributed by atoms with E-state index in [0.29, 0.717) is 0 Å². The second-order valence-corrected chi connectivity index (χ2v) is 5.63. The molecule has 1 N–H and O–H groups in total. The second kappa shape index (κ2) is 5.61. The Hall–Kier alpha value is -1.90. The van der Waals surface area contributed by atoms with E-state index in [0.717, 1.165) is 48.4 Å². The fourth-order valence-electron chi connectivity index (χ4n) is 3.44. The van der Waals surface area contributed by atoms with E-state index in [-0.39, 0.29) is 11.8 Å². The van der Waals surface area contributed by atoms with Gasteiger partial charge in [-0.05, 0) is 35.8 Å². The Morgan fingerprint density at radius 1 is 1.15 bits per heavy atom. The summed E-state index contributed by atoms with van der Waals surface area (Å²) < 4.78 is 0. The molecule has 20 heavy (non-hydrogen) atoms. The van der Waals surface area contributed by atoms with Crippen molar-refractivity contribution in [1.82, 2.24) is 4.98 Å². The molecule has 2 atom stereocenters. The van der Waals surface area contributed by atoms with E-state index in [2.05, 4.69) is 17.1 Å². The molecule has 0 aliphatic heterocycles. The Morgan fingerprint density at radius 3 is 2.85 bits per heavy atom. The van der Waals surface area contributed by atoms with Crippen molar-refractivity contribution in [2.75, 3.05) is 0 Å². The molecule has 1 saturated carbocycles. The Balaban J connectivity index is 2.09. The van der Waals surface area contributed by atoms with Crippen LogP contribution in [0.5, 0.6) is 0 Å². The van der Waals surface area contributed by atoms with Crippen LogP contribution >= 0.6 is 0 Å². The predicted molar refractivity (Wildman–Crippen MR) is 78.7 cm³/mol. The molecule has 1 aromatic heterocycles. The maximum absolute atomic E-state index is 11.6. The maximum atomic E-state index is 11.6. The number of hydrogen-bond acceptors (Lipinski definition) is 2. The van der Waals surface area contributed by atoms with E-state index in [1.54, 1.807) is 6.20 Å². The van der Waals surface area contributed by atoms with Crippen molar-refractivity contribution in [2.24, 2.45) is 5.92 Å². The Labute approximate surface area is 118 Å². The van der Waals surface area contributed by atoms with E-state index >= 15 is 0 Å². The zero-order valence-electron chi connectivity index (χ0n) is 11.5. The largest absolute Gasteiger partial charge is 0.481 e. The standard InChI is InChI=1S/C17H19NO2/c19-17(20)15-7-3-1-2-6-13(15)14-8-4-5-12-9-10-18-11-16(12)14/h4-5,8-11,13,15H,1-3,6-7H2,(H,19,20). The molecule has 1 heterocycles.